The van der Waals surface area contributed by atoms with Crippen LogP contribution in [-0.4, -0.2) is 84.3 Å². The summed E-state index contributed by atoms with van der Waals surface area (Å²) in [6.07, 6.45) is 4.26. The normalized spacial score (nSPS) is 23.5. The number of aromatic nitrogens is 1. The molecule has 1 aromatic carbocycles. The molecule has 0 radical (unpaired) electrons. The molecule has 2 bridgehead atoms. The van der Waals surface area contributed by atoms with Gasteiger partial charge in [0.25, 0.3) is 11.5 Å². The fourth-order valence-corrected chi connectivity index (χ4v) is 6.32. The monoisotopic (exact) mass is 518 g/mol. The second-order valence-corrected chi connectivity index (χ2v) is 12.8. The molecule has 2 aliphatic rings. The number of hydrogen-bond donors (Lipinski definition) is 2. The third kappa shape index (κ3) is 5.66. The van der Waals surface area contributed by atoms with E-state index in [2.05, 4.69) is 10.2 Å². The molecule has 36 heavy (non-hydrogen) atoms. The number of carbonyl (C=O) groups is 1. The summed E-state index contributed by atoms with van der Waals surface area (Å²) in [5.74, 6) is -0.0412. The summed E-state index contributed by atoms with van der Waals surface area (Å²) in [4.78, 5) is 28.5. The number of aliphatic hydroxyl groups excluding tert-OH is 1. The highest BCUT2D eigenvalue weighted by Gasteiger charge is 2.41. The minimum Gasteiger partial charge on any atom is -0.390 e. The van der Waals surface area contributed by atoms with Gasteiger partial charge < -0.3 is 15.0 Å². The van der Waals surface area contributed by atoms with E-state index in [0.717, 1.165) is 42.8 Å². The predicted octanol–water partition coefficient (Wildman–Crippen LogP) is 1.81. The van der Waals surface area contributed by atoms with Crippen LogP contribution in [-0.2, 0) is 10.0 Å². The molecule has 2 aromatic rings. The number of nitrogens with one attached hydrogen (secondary N) is 1. The molecule has 4 atom stereocenters. The van der Waals surface area contributed by atoms with E-state index in [9.17, 15) is 23.1 Å². The largest absolute Gasteiger partial charge is 0.390 e. The summed E-state index contributed by atoms with van der Waals surface area (Å²) in [6.45, 7) is 4.91. The van der Waals surface area contributed by atoms with Gasteiger partial charge in [-0.2, -0.15) is 0 Å². The first-order valence-corrected chi connectivity index (χ1v) is 14.6. The number of sulfonamides is 1. The Morgan fingerprint density at radius 2 is 1.83 bits per heavy atom. The van der Waals surface area contributed by atoms with Gasteiger partial charge >= 0.3 is 0 Å². The summed E-state index contributed by atoms with van der Waals surface area (Å²) in [6, 6.07) is 9.85. The maximum Gasteiger partial charge on any atom is 0.264 e. The lowest BCUT2D eigenvalue weighted by Crippen LogP contribution is -2.50. The Labute approximate surface area is 213 Å². The first kappa shape index (κ1) is 26.8. The highest BCUT2D eigenvalue weighted by Crippen LogP contribution is 2.38. The molecule has 2 aliphatic heterocycles. The summed E-state index contributed by atoms with van der Waals surface area (Å²) in [7, 11) is -1.85. The lowest BCUT2D eigenvalue weighted by molar-refractivity contribution is 0.0394. The van der Waals surface area contributed by atoms with Gasteiger partial charge in [0.1, 0.15) is 5.56 Å². The average Bonchev–Trinajstić information content (AvgIpc) is 3.02. The van der Waals surface area contributed by atoms with Crippen LogP contribution in [0.5, 0.6) is 0 Å². The summed E-state index contributed by atoms with van der Waals surface area (Å²) < 4.78 is 26.2. The molecular formula is C26H38N4O5S. The van der Waals surface area contributed by atoms with Gasteiger partial charge in [-0.25, -0.2) is 12.7 Å². The Bertz CT molecular complexity index is 1260. The number of rotatable bonds is 9. The lowest BCUT2D eigenvalue weighted by atomic mass is 9.90. The fourth-order valence-electron chi connectivity index (χ4n) is 5.88. The van der Waals surface area contributed by atoms with Crippen molar-refractivity contribution in [3.63, 3.8) is 0 Å². The Morgan fingerprint density at radius 3 is 2.44 bits per heavy atom. The maximum atomic E-state index is 13.1. The number of para-hydroxylation sites is 1. The average molecular weight is 519 g/mol. The Morgan fingerprint density at radius 1 is 1.19 bits per heavy atom. The van der Waals surface area contributed by atoms with Crippen molar-refractivity contribution in [3.05, 3.63) is 46.2 Å². The molecule has 2 fully saturated rings. The Kier molecular flexibility index (Phi) is 7.89. The van der Waals surface area contributed by atoms with E-state index >= 15 is 0 Å². The molecule has 1 unspecified atom stereocenters. The number of nitrogens with zero attached hydrogens (tertiary/aromatic N) is 3. The van der Waals surface area contributed by atoms with Crippen molar-refractivity contribution in [3.8, 4) is 0 Å². The molecule has 4 rings (SSSR count). The van der Waals surface area contributed by atoms with Gasteiger partial charge in [0.2, 0.25) is 10.0 Å². The minimum absolute atomic E-state index is 0.0670. The van der Waals surface area contributed by atoms with Crippen LogP contribution in [0.1, 0.15) is 55.9 Å². The smallest absolute Gasteiger partial charge is 0.264 e. The van der Waals surface area contributed by atoms with E-state index in [1.165, 1.54) is 11.4 Å². The number of aliphatic hydroxyl groups is 1. The number of carbonyl (C=O) groups excluding carboxylic acids is 1. The quantitative estimate of drug-likeness (QED) is 0.524. The SMILES string of the molecule is CC(C)n1c(=O)c(C(=O)NCC2C[C@H]3CC[C@@H](C2)N3C[C@@H](O)CN(C)S(C)(=O)=O)cc2ccccc21. The first-order valence-electron chi connectivity index (χ1n) is 12.7. The van der Waals surface area contributed by atoms with E-state index in [1.54, 1.807) is 10.6 Å². The molecule has 198 valence electrons. The van der Waals surface area contributed by atoms with E-state index in [1.807, 2.05) is 38.1 Å². The van der Waals surface area contributed by atoms with Crippen LogP contribution >= 0.6 is 0 Å². The predicted molar refractivity (Wildman–Crippen MR) is 141 cm³/mol. The molecule has 0 saturated carbocycles. The highest BCUT2D eigenvalue weighted by molar-refractivity contribution is 7.88. The van der Waals surface area contributed by atoms with Crippen molar-refractivity contribution in [2.24, 2.45) is 5.92 Å². The van der Waals surface area contributed by atoms with Gasteiger partial charge in [0.15, 0.2) is 0 Å². The molecule has 0 aliphatic carbocycles. The van der Waals surface area contributed by atoms with Crippen LogP contribution in [0.2, 0.25) is 0 Å². The molecule has 0 spiro atoms. The zero-order chi connectivity index (χ0) is 26.2. The van der Waals surface area contributed by atoms with Crippen molar-refractivity contribution >= 4 is 26.8 Å². The third-order valence-electron chi connectivity index (χ3n) is 7.70. The van der Waals surface area contributed by atoms with Crippen molar-refractivity contribution in [1.29, 1.82) is 0 Å². The van der Waals surface area contributed by atoms with E-state index in [-0.39, 0.29) is 29.6 Å². The second-order valence-electron chi connectivity index (χ2n) is 10.7. The van der Waals surface area contributed by atoms with E-state index in [4.69, 9.17) is 0 Å². The van der Waals surface area contributed by atoms with Crippen LogP contribution in [0.4, 0.5) is 0 Å². The number of hydrogen-bond acceptors (Lipinski definition) is 6. The third-order valence-corrected chi connectivity index (χ3v) is 8.98. The van der Waals surface area contributed by atoms with Crippen molar-refractivity contribution in [1.82, 2.24) is 19.1 Å². The maximum absolute atomic E-state index is 13.1. The van der Waals surface area contributed by atoms with Gasteiger partial charge in [-0.15, -0.1) is 0 Å². The molecule has 10 heteroatoms. The van der Waals surface area contributed by atoms with Crippen molar-refractivity contribution in [2.45, 2.75) is 63.8 Å². The zero-order valence-electron chi connectivity index (χ0n) is 21.6. The second kappa shape index (κ2) is 10.6. The summed E-state index contributed by atoms with van der Waals surface area (Å²) in [5, 5.41) is 14.4. The molecule has 2 N–H and O–H groups in total. The molecular weight excluding hydrogens is 480 g/mol. The fraction of sp³-hybridized carbons (Fsp3) is 0.615. The Hall–Kier alpha value is -2.27. The van der Waals surface area contributed by atoms with Crippen LogP contribution in [0, 0.1) is 5.92 Å². The standard InChI is InChI=1S/C26H38N4O5S/c1-17(2)30-24-8-6-5-7-19(24)13-23(26(30)33)25(32)27-14-18-11-20-9-10-21(12-18)29(20)16-22(31)15-28(3)36(4,34)35/h5-8,13,17-18,20-22,31H,9-12,14-16H2,1-4H3,(H,27,32)/t18?,20-,21+,22-/m0/s1. The van der Waals surface area contributed by atoms with Crippen LogP contribution in [0.15, 0.2) is 35.1 Å². The summed E-state index contributed by atoms with van der Waals surface area (Å²) in [5.41, 5.74) is 0.716. The molecule has 3 heterocycles. The van der Waals surface area contributed by atoms with E-state index in [0.29, 0.717) is 31.1 Å². The minimum atomic E-state index is -3.33. The van der Waals surface area contributed by atoms with E-state index < -0.39 is 16.1 Å². The Balaban J connectivity index is 1.38. The number of pyridine rings is 1. The number of fused-ring (bicyclic) bond motifs is 3. The number of benzene rings is 1. The highest BCUT2D eigenvalue weighted by atomic mass is 32.2. The van der Waals surface area contributed by atoms with Crippen LogP contribution in [0.25, 0.3) is 10.9 Å². The number of piperidine rings is 1. The van der Waals surface area contributed by atoms with Crippen molar-refractivity contribution in [2.75, 3.05) is 32.9 Å². The topological polar surface area (TPSA) is 112 Å². The van der Waals surface area contributed by atoms with Gasteiger partial charge in [0.05, 0.1) is 17.9 Å². The molecule has 1 amide bonds. The van der Waals surface area contributed by atoms with Gasteiger partial charge in [-0.1, -0.05) is 18.2 Å². The number of likely N-dealkylation sites (N-methyl/N-ethyl adjacent to an activating group) is 1. The zero-order valence-corrected chi connectivity index (χ0v) is 22.4. The molecule has 9 nitrogen and oxygen atoms in total. The van der Waals surface area contributed by atoms with Crippen LogP contribution < -0.4 is 10.9 Å². The lowest BCUT2D eigenvalue weighted by Gasteiger charge is -2.40. The number of amides is 1. The van der Waals surface area contributed by atoms with Gasteiger partial charge in [-0.05, 0) is 63.0 Å². The van der Waals surface area contributed by atoms with Crippen LogP contribution in [0.3, 0.4) is 0 Å². The summed E-state index contributed by atoms with van der Waals surface area (Å²) >= 11 is 0. The molecule has 2 saturated heterocycles. The van der Waals surface area contributed by atoms with Gasteiger partial charge in [-0.3, -0.25) is 14.5 Å². The van der Waals surface area contributed by atoms with Gasteiger partial charge in [0, 0.05) is 44.8 Å². The van der Waals surface area contributed by atoms with Crippen molar-refractivity contribution < 1.29 is 18.3 Å². The molecule has 1 aromatic heterocycles. The first-order chi connectivity index (χ1) is 17.0.